The average Bonchev–Trinajstić information content (AvgIpc) is 3.16. The second-order valence-corrected chi connectivity index (χ2v) is 14.5. The van der Waals surface area contributed by atoms with Gasteiger partial charge in [0.05, 0.1) is 26.7 Å². The number of carbonyl (C=O) groups is 1. The van der Waals surface area contributed by atoms with Crippen LogP contribution in [0.2, 0.25) is 20.1 Å². The van der Waals surface area contributed by atoms with Gasteiger partial charge in [0.25, 0.3) is 11.1 Å². The molecule has 0 saturated carbocycles. The molecule has 2 aromatic heterocycles. The number of aromatic nitrogens is 4. The van der Waals surface area contributed by atoms with E-state index in [9.17, 15) is 19.5 Å². The Hall–Kier alpha value is -4.32. The van der Waals surface area contributed by atoms with Gasteiger partial charge in [-0.3, -0.25) is 19.4 Å². The number of nitrogens with zero attached hydrogens (tertiary/aromatic N) is 1. The normalized spacial score (nSPS) is 9.89. The van der Waals surface area contributed by atoms with Crippen LogP contribution in [0, 0.1) is 18.6 Å². The molecule has 0 aliphatic heterocycles. The van der Waals surface area contributed by atoms with E-state index in [1.54, 1.807) is 50.2 Å². The lowest BCUT2D eigenvalue weighted by Gasteiger charge is -2.05. The van der Waals surface area contributed by atoms with E-state index in [1.807, 2.05) is 12.1 Å². The van der Waals surface area contributed by atoms with E-state index >= 15 is 0 Å². The molecule has 0 bridgehead atoms. The smallest absolute Gasteiger partial charge is 0.251 e. The Bertz CT molecular complexity index is 2350. The summed E-state index contributed by atoms with van der Waals surface area (Å²) in [6.45, 7) is 3.40. The molecule has 0 aliphatic carbocycles. The number of alkyl halides is 1. The zero-order valence-corrected chi connectivity index (χ0v) is 36.1. The lowest BCUT2D eigenvalue weighted by Crippen LogP contribution is -2.08. The van der Waals surface area contributed by atoms with Crippen molar-refractivity contribution in [2.75, 3.05) is 0 Å². The molecule has 0 radical (unpaired) electrons. The maximum absolute atomic E-state index is 11.3. The maximum Gasteiger partial charge on any atom is 0.251 e. The Balaban J connectivity index is 0.000000254. The van der Waals surface area contributed by atoms with Crippen LogP contribution in [-0.2, 0) is 17.7 Å². The van der Waals surface area contributed by atoms with Gasteiger partial charge in [-0.05, 0) is 73.1 Å². The Kier molecular flexibility index (Phi) is 21.5. The molecule has 2 heterocycles. The first-order valence-electron chi connectivity index (χ1n) is 16.0. The Labute approximate surface area is 364 Å². The lowest BCUT2D eigenvalue weighted by molar-refractivity contribution is 0.112. The highest BCUT2D eigenvalue weighted by Gasteiger charge is 2.07. The highest BCUT2D eigenvalue weighted by atomic mass is 79.9. The summed E-state index contributed by atoms with van der Waals surface area (Å²) in [6.07, 6.45) is 0.599. The van der Waals surface area contributed by atoms with Gasteiger partial charge >= 0.3 is 0 Å². The fourth-order valence-corrected chi connectivity index (χ4v) is 6.65. The molecule has 12 nitrogen and oxygen atoms in total. The largest absolute Gasteiger partial charge is 0.506 e. The fourth-order valence-electron chi connectivity index (χ4n) is 4.02. The number of phenolic OH excluding ortho intramolecular Hbond substituents is 4. The van der Waals surface area contributed by atoms with Crippen molar-refractivity contribution in [3.63, 3.8) is 0 Å². The number of aliphatic hydroxyl groups is 1. The third-order valence-electron chi connectivity index (χ3n) is 6.73. The third-order valence-corrected chi connectivity index (χ3v) is 10.2. The van der Waals surface area contributed by atoms with Crippen LogP contribution in [0.5, 0.6) is 23.0 Å². The van der Waals surface area contributed by atoms with Gasteiger partial charge in [0.15, 0.2) is 16.2 Å². The minimum absolute atomic E-state index is 0.00761. The van der Waals surface area contributed by atoms with Crippen molar-refractivity contribution in [3.05, 3.63) is 164 Å². The summed E-state index contributed by atoms with van der Waals surface area (Å²) in [4.78, 5) is 44.1. The topological polar surface area (TPSA) is 213 Å². The van der Waals surface area contributed by atoms with Gasteiger partial charge in [-0.15, -0.1) is 0 Å². The zero-order valence-electron chi connectivity index (χ0n) is 29.9. The molecule has 0 fully saturated rings. The quantitative estimate of drug-likeness (QED) is 0.0259. The number of benzene rings is 4. The molecule has 0 amide bonds. The molecule has 0 atom stereocenters. The highest BCUT2D eigenvalue weighted by molar-refractivity contribution is 9.08. The van der Waals surface area contributed by atoms with Crippen molar-refractivity contribution in [2.45, 2.75) is 36.7 Å². The van der Waals surface area contributed by atoms with Crippen LogP contribution in [0.25, 0.3) is 0 Å². The summed E-state index contributed by atoms with van der Waals surface area (Å²) in [6, 6.07) is 22.4. The molecular weight excluding hydrogens is 926 g/mol. The summed E-state index contributed by atoms with van der Waals surface area (Å²) in [5.74, 6) is 0.665. The number of H-pyrrole nitrogens is 3. The molecule has 8 N–H and O–H groups in total. The molecule has 6 rings (SSSR count). The predicted molar refractivity (Wildman–Crippen MR) is 233 cm³/mol. The number of aryl methyl sites for hydroxylation is 2. The van der Waals surface area contributed by atoms with Gasteiger partial charge in [0, 0.05) is 40.2 Å². The molecule has 57 heavy (non-hydrogen) atoms. The van der Waals surface area contributed by atoms with E-state index in [0.29, 0.717) is 54.2 Å². The van der Waals surface area contributed by atoms with Crippen molar-refractivity contribution in [1.29, 1.82) is 0 Å². The van der Waals surface area contributed by atoms with Crippen LogP contribution < -0.4 is 11.1 Å². The summed E-state index contributed by atoms with van der Waals surface area (Å²) in [7, 11) is 0. The number of thioether (sulfide) groups is 1. The first kappa shape index (κ1) is 48.8. The van der Waals surface area contributed by atoms with E-state index in [1.165, 1.54) is 48.2 Å². The number of phenols is 4. The van der Waals surface area contributed by atoms with Crippen LogP contribution in [0.4, 0.5) is 0 Å². The Morgan fingerprint density at radius 2 is 1.18 bits per heavy atom. The number of aliphatic hydroxyl groups excluding tert-OH is 1. The fraction of sp³-hybridized carbons (Fsp3) is 0.132. The summed E-state index contributed by atoms with van der Waals surface area (Å²) in [5, 5.41) is 47.4. The standard InChI is InChI=1S/C12H11ClN2O2S.C7H6BrClO.C7H7ClO2.C7H5ClO2.C5H6N2OS/c1-7-5-10(17)15-12(14-7)18-6-8-3-2-4-9(16)11(8)13;8-4-5-2-1-3-6(10)7(5)9;2*8-7-5(4-9)2-1-3-6(7)10;1-3-2-4(8)7-5(9)6-3/h2-5,16H,6H2,1H3,(H,14,15,17);1-3,10H,4H2;1-3,9-10H,4H2;1-4,10H;2H,1H3,(H2,6,7,8,9). The second kappa shape index (κ2) is 25.1. The van der Waals surface area contributed by atoms with E-state index in [2.05, 4.69) is 48.1 Å². The average molecular weight is 962 g/mol. The summed E-state index contributed by atoms with van der Waals surface area (Å²) >= 11 is 32.1. The number of halogens is 5. The molecule has 6 aromatic rings. The highest BCUT2D eigenvalue weighted by Crippen LogP contribution is 2.31. The van der Waals surface area contributed by atoms with E-state index in [-0.39, 0.29) is 50.8 Å². The maximum atomic E-state index is 11.3. The number of hydrogen-bond donors (Lipinski definition) is 8. The van der Waals surface area contributed by atoms with Crippen molar-refractivity contribution in [2.24, 2.45) is 0 Å². The zero-order chi connectivity index (χ0) is 42.7. The minimum atomic E-state index is -0.174. The summed E-state index contributed by atoms with van der Waals surface area (Å²) < 4.78 is 0.375. The van der Waals surface area contributed by atoms with Gasteiger partial charge in [-0.1, -0.05) is 117 Å². The van der Waals surface area contributed by atoms with Crippen molar-refractivity contribution < 1.29 is 30.3 Å². The van der Waals surface area contributed by atoms with Crippen molar-refractivity contribution in [1.82, 2.24) is 19.9 Å². The lowest BCUT2D eigenvalue weighted by atomic mass is 10.2. The first-order valence-corrected chi connectivity index (χ1v) is 20.0. The predicted octanol–water partition coefficient (Wildman–Crippen LogP) is 9.81. The van der Waals surface area contributed by atoms with Gasteiger partial charge in [-0.25, -0.2) is 4.98 Å². The van der Waals surface area contributed by atoms with Crippen molar-refractivity contribution in [3.8, 4) is 23.0 Å². The SMILES string of the molecule is Cc1cc(=O)[nH]c(=S)[nH]1.Cc1cc(=O)[nH]c(SCc2cccc(O)c2Cl)n1.O=Cc1cccc(O)c1Cl.OCc1cccc(O)c1Cl.Oc1cccc(CBr)c1Cl. The van der Waals surface area contributed by atoms with Crippen LogP contribution in [0.3, 0.4) is 0 Å². The number of nitrogens with one attached hydrogen (secondary N) is 3. The Morgan fingerprint density at radius 1 is 0.702 bits per heavy atom. The minimum Gasteiger partial charge on any atom is -0.506 e. The van der Waals surface area contributed by atoms with E-state index in [0.717, 1.165) is 16.8 Å². The van der Waals surface area contributed by atoms with E-state index in [4.69, 9.17) is 66.8 Å². The van der Waals surface area contributed by atoms with Gasteiger partial charge in [-0.2, -0.15) is 0 Å². The first-order chi connectivity index (χ1) is 27.0. The number of hydrogen-bond acceptors (Lipinski definition) is 11. The molecule has 0 unspecified atom stereocenters. The summed E-state index contributed by atoms with van der Waals surface area (Å²) in [5.41, 5.74) is 3.67. The molecule has 19 heteroatoms. The molecule has 0 aliphatic rings. The second-order valence-electron chi connectivity index (χ2n) is 11.1. The number of aldehydes is 1. The molecule has 302 valence electrons. The molecule has 0 spiro atoms. The number of aromatic hydroxyl groups is 4. The number of carbonyl (C=O) groups excluding carboxylic acids is 1. The number of aromatic amines is 3. The molecule has 0 saturated heterocycles. The molecule has 4 aromatic carbocycles. The van der Waals surface area contributed by atoms with Crippen LogP contribution >= 0.6 is 86.3 Å². The van der Waals surface area contributed by atoms with Crippen LogP contribution in [0.1, 0.15) is 38.4 Å². The third kappa shape index (κ3) is 17.0. The van der Waals surface area contributed by atoms with Crippen molar-refractivity contribution >= 4 is 92.6 Å². The van der Waals surface area contributed by atoms with E-state index < -0.39 is 0 Å². The van der Waals surface area contributed by atoms with Gasteiger partial charge in [0.1, 0.15) is 23.0 Å². The van der Waals surface area contributed by atoms with Gasteiger partial charge < -0.3 is 35.5 Å². The number of rotatable bonds is 6. The van der Waals surface area contributed by atoms with Gasteiger partial charge in [0.2, 0.25) is 0 Å². The monoisotopic (exact) mass is 958 g/mol. The van der Waals surface area contributed by atoms with Crippen LogP contribution in [0.15, 0.2) is 99.7 Å². The Morgan fingerprint density at radius 3 is 1.61 bits per heavy atom. The molecular formula is C38H35BrCl4N4O8S2. The van der Waals surface area contributed by atoms with Crippen LogP contribution in [-0.4, -0.2) is 51.8 Å².